The summed E-state index contributed by atoms with van der Waals surface area (Å²) in [5, 5.41) is 97.3. The molecule has 5 unspecified atom stereocenters. The smallest absolute Gasteiger partial charge is 0.217 e. The number of ether oxygens (including phenoxy) is 9. The van der Waals surface area contributed by atoms with Crippen molar-refractivity contribution in [2.24, 2.45) is 5.41 Å². The summed E-state index contributed by atoms with van der Waals surface area (Å²) in [7, 11) is 0. The maximum Gasteiger partial charge on any atom is 0.217 e. The summed E-state index contributed by atoms with van der Waals surface area (Å²) in [5.74, 6) is -1.19. The third-order valence-electron chi connectivity index (χ3n) is 11.4. The van der Waals surface area contributed by atoms with Crippen molar-refractivity contribution in [1.29, 1.82) is 0 Å². The maximum atomic E-state index is 11.7. The number of amides is 3. The molecule has 2 fully saturated rings. The van der Waals surface area contributed by atoms with Crippen LogP contribution in [0.4, 0.5) is 0 Å². The highest BCUT2D eigenvalue weighted by molar-refractivity contribution is 5.74. The van der Waals surface area contributed by atoms with Crippen molar-refractivity contribution in [2.75, 3.05) is 85.9 Å². The molecule has 2 heterocycles. The van der Waals surface area contributed by atoms with Crippen molar-refractivity contribution in [3.05, 3.63) is 0 Å². The van der Waals surface area contributed by atoms with Crippen LogP contribution in [0.3, 0.4) is 0 Å². The van der Waals surface area contributed by atoms with Gasteiger partial charge in [-0.05, 0) is 64.7 Å². The SMILES string of the molecule is CC(=O)N[C@@H](C)[C@H](OCCCCCOCC(C)(COCCCCCO[C@@H]1OC(CO)[C@H](O)C(O)[C@@H]1NC(C)=O)COCCCCCO[C@@H]1OC(CO)[C@H](O)C(O)[C@@H]1NC(C)=O)OC(CO)[C@H](O)CO. The van der Waals surface area contributed by atoms with E-state index in [2.05, 4.69) is 16.0 Å². The Bertz CT molecular complexity index is 1330. The molecule has 0 aromatic rings. The molecule has 0 aliphatic carbocycles. The second kappa shape index (κ2) is 34.9. The summed E-state index contributed by atoms with van der Waals surface area (Å²) in [4.78, 5) is 35.1. The largest absolute Gasteiger partial charge is 0.394 e. The van der Waals surface area contributed by atoms with Crippen LogP contribution >= 0.6 is 0 Å². The Morgan fingerprint density at radius 1 is 0.580 bits per heavy atom. The van der Waals surface area contributed by atoms with Gasteiger partial charge in [0.1, 0.15) is 60.9 Å². The number of hydrogen-bond donors (Lipinski definition) is 12. The molecule has 2 aliphatic heterocycles. The number of aliphatic hydroxyl groups is 9. The zero-order chi connectivity index (χ0) is 51.4. The number of carbonyl (C=O) groups is 3. The Balaban J connectivity index is 1.85. The van der Waals surface area contributed by atoms with E-state index < -0.39 is 129 Å². The van der Waals surface area contributed by atoms with Crippen molar-refractivity contribution in [3.63, 3.8) is 0 Å². The molecular weight excluding hydrogens is 918 g/mol. The molecule has 12 N–H and O–H groups in total. The zero-order valence-electron chi connectivity index (χ0n) is 41.1. The van der Waals surface area contributed by atoms with Crippen LogP contribution < -0.4 is 16.0 Å². The topological polar surface area (TPSA) is 352 Å². The van der Waals surface area contributed by atoms with E-state index in [0.29, 0.717) is 78.2 Å². The lowest BCUT2D eigenvalue weighted by Gasteiger charge is -2.42. The molecule has 0 spiro atoms. The summed E-state index contributed by atoms with van der Waals surface area (Å²) in [6.07, 6.45) is -7.17. The Kier molecular flexibility index (Phi) is 31.8. The molecule has 406 valence electrons. The summed E-state index contributed by atoms with van der Waals surface area (Å²) >= 11 is 0. The molecule has 2 aliphatic rings. The van der Waals surface area contributed by atoms with Crippen molar-refractivity contribution >= 4 is 17.7 Å². The van der Waals surface area contributed by atoms with Gasteiger partial charge in [-0.25, -0.2) is 0 Å². The Morgan fingerprint density at radius 3 is 1.35 bits per heavy atom. The normalized spacial score (nSPS) is 27.7. The quantitative estimate of drug-likeness (QED) is 0.0218. The molecule has 0 bridgehead atoms. The van der Waals surface area contributed by atoms with Gasteiger partial charge in [0.05, 0.1) is 52.3 Å². The average molecular weight is 1000 g/mol. The van der Waals surface area contributed by atoms with Crippen LogP contribution in [0.2, 0.25) is 0 Å². The number of hydrogen-bond acceptors (Lipinski definition) is 21. The summed E-state index contributed by atoms with van der Waals surface area (Å²) in [5.41, 5.74) is -0.514. The predicted molar refractivity (Wildman–Crippen MR) is 243 cm³/mol. The average Bonchev–Trinajstić information content (AvgIpc) is 3.30. The van der Waals surface area contributed by atoms with Gasteiger partial charge < -0.3 is 105 Å². The zero-order valence-corrected chi connectivity index (χ0v) is 41.1. The number of nitrogens with one attached hydrogen (secondary N) is 3. The highest BCUT2D eigenvalue weighted by Gasteiger charge is 2.46. The van der Waals surface area contributed by atoms with E-state index in [1.807, 2.05) is 6.92 Å². The van der Waals surface area contributed by atoms with Crippen LogP contribution in [0.15, 0.2) is 0 Å². The van der Waals surface area contributed by atoms with E-state index in [-0.39, 0.29) is 25.7 Å². The molecule has 0 saturated carbocycles. The van der Waals surface area contributed by atoms with E-state index in [9.17, 15) is 60.3 Å². The molecule has 0 aromatic carbocycles. The van der Waals surface area contributed by atoms with Gasteiger partial charge in [0.25, 0.3) is 0 Å². The summed E-state index contributed by atoms with van der Waals surface area (Å²) < 4.78 is 52.7. The number of rotatable bonds is 38. The second-order valence-corrected chi connectivity index (χ2v) is 18.1. The minimum Gasteiger partial charge on any atom is -0.394 e. The van der Waals surface area contributed by atoms with E-state index in [4.69, 9.17) is 42.6 Å². The van der Waals surface area contributed by atoms with Gasteiger partial charge >= 0.3 is 0 Å². The third kappa shape index (κ3) is 23.9. The molecular formula is C45H85N3O21. The van der Waals surface area contributed by atoms with Gasteiger partial charge in [0, 0.05) is 65.8 Å². The molecule has 24 nitrogen and oxygen atoms in total. The van der Waals surface area contributed by atoms with Gasteiger partial charge in [0.15, 0.2) is 18.9 Å². The molecule has 2 saturated heterocycles. The number of unbranched alkanes of at least 4 members (excludes halogenated alkanes) is 6. The molecule has 3 amide bonds. The van der Waals surface area contributed by atoms with Crippen LogP contribution in [0, 0.1) is 5.41 Å². The predicted octanol–water partition coefficient (Wildman–Crippen LogP) is -2.93. The van der Waals surface area contributed by atoms with Crippen LogP contribution in [0.5, 0.6) is 0 Å². The first-order valence-corrected chi connectivity index (χ1v) is 24.1. The van der Waals surface area contributed by atoms with Crippen LogP contribution in [0.1, 0.15) is 92.4 Å². The van der Waals surface area contributed by atoms with Crippen LogP contribution in [0.25, 0.3) is 0 Å². The van der Waals surface area contributed by atoms with Crippen LogP contribution in [-0.4, -0.2) is 235 Å². The highest BCUT2D eigenvalue weighted by atomic mass is 16.7. The van der Waals surface area contributed by atoms with Crippen molar-refractivity contribution in [2.45, 2.75) is 178 Å². The maximum absolute atomic E-state index is 11.7. The highest BCUT2D eigenvalue weighted by Crippen LogP contribution is 2.25. The lowest BCUT2D eigenvalue weighted by Crippen LogP contribution is -2.64. The van der Waals surface area contributed by atoms with Gasteiger partial charge in [-0.1, -0.05) is 6.92 Å². The van der Waals surface area contributed by atoms with Crippen molar-refractivity contribution in [3.8, 4) is 0 Å². The molecule has 0 aromatic heterocycles. The van der Waals surface area contributed by atoms with Crippen molar-refractivity contribution < 1.29 is 103 Å². The van der Waals surface area contributed by atoms with Crippen molar-refractivity contribution in [1.82, 2.24) is 16.0 Å². The Hall–Kier alpha value is -2.31. The molecule has 0 radical (unpaired) electrons. The fraction of sp³-hybridized carbons (Fsp3) is 0.933. The van der Waals surface area contributed by atoms with Gasteiger partial charge in [-0.2, -0.15) is 0 Å². The van der Waals surface area contributed by atoms with E-state index in [1.54, 1.807) is 6.92 Å². The Morgan fingerprint density at radius 2 is 0.986 bits per heavy atom. The van der Waals surface area contributed by atoms with E-state index >= 15 is 0 Å². The van der Waals surface area contributed by atoms with Crippen LogP contribution in [-0.2, 0) is 57.0 Å². The summed E-state index contributed by atoms with van der Waals surface area (Å²) in [6.45, 7) is 8.34. The van der Waals surface area contributed by atoms with Gasteiger partial charge in [-0.15, -0.1) is 0 Å². The molecule has 24 heteroatoms. The Labute approximate surface area is 405 Å². The fourth-order valence-corrected chi connectivity index (χ4v) is 7.59. The molecule has 69 heavy (non-hydrogen) atoms. The molecule has 14 atom stereocenters. The number of carbonyl (C=O) groups excluding carboxylic acids is 3. The number of aliphatic hydroxyl groups excluding tert-OH is 9. The lowest BCUT2D eigenvalue weighted by atomic mass is 9.94. The molecule has 2 rings (SSSR count). The van der Waals surface area contributed by atoms with E-state index in [0.717, 1.165) is 19.3 Å². The first-order valence-electron chi connectivity index (χ1n) is 24.1. The summed E-state index contributed by atoms with van der Waals surface area (Å²) in [6, 6.07) is -2.63. The lowest BCUT2D eigenvalue weighted by molar-refractivity contribution is -0.270. The van der Waals surface area contributed by atoms with Gasteiger partial charge in [0.2, 0.25) is 17.7 Å². The minimum absolute atomic E-state index is 0.228. The van der Waals surface area contributed by atoms with Gasteiger partial charge in [-0.3, -0.25) is 14.4 Å². The monoisotopic (exact) mass is 1000 g/mol. The first kappa shape index (κ1) is 62.8. The second-order valence-electron chi connectivity index (χ2n) is 18.1. The third-order valence-corrected chi connectivity index (χ3v) is 11.4. The first-order chi connectivity index (χ1) is 32.9. The minimum atomic E-state index is -1.40. The van der Waals surface area contributed by atoms with E-state index in [1.165, 1.54) is 20.8 Å². The standard InChI is InChI=1S/C45H85N3O21/c1-28(46-29(2)53)42(67-33(22-50)32(56)21-49)64-18-12-6-9-15-61-25-45(5,26-62-16-10-7-13-19-65-43-36(47-30(3)54)40(59)38(57)34(23-51)68-43)27-63-17-11-8-14-20-66-44-37(48-31(4)55)41(60)39(58)35(24-52)69-44/h28,32-44,49-52,56-60H,6-27H2,1-5H3,(H,46,53)(H,47,54)(H,48,55)/t28-,32+,33?,34?,35?,36-,37-,38-,39-,40?,41?,42+,43+,44+,45?/m0/s1. The fourth-order valence-electron chi connectivity index (χ4n) is 7.59.